The van der Waals surface area contributed by atoms with Crippen molar-refractivity contribution in [2.75, 3.05) is 26.8 Å². The Morgan fingerprint density at radius 2 is 1.89 bits per heavy atom. The highest BCUT2D eigenvalue weighted by atomic mass is 35.5. The van der Waals surface area contributed by atoms with Crippen molar-refractivity contribution in [2.24, 2.45) is 0 Å². The van der Waals surface area contributed by atoms with Gasteiger partial charge in [-0.2, -0.15) is 4.31 Å². The van der Waals surface area contributed by atoms with Crippen LogP contribution in [0, 0.1) is 0 Å². The van der Waals surface area contributed by atoms with Crippen LogP contribution in [0.15, 0.2) is 29.2 Å². The molecule has 1 aromatic carbocycles. The summed E-state index contributed by atoms with van der Waals surface area (Å²) in [4.78, 5) is 0.273. The summed E-state index contributed by atoms with van der Waals surface area (Å²) in [6.45, 7) is 3.19. The van der Waals surface area contributed by atoms with Gasteiger partial charge in [-0.15, -0.1) is 11.6 Å². The van der Waals surface area contributed by atoms with Crippen molar-refractivity contribution in [3.63, 3.8) is 0 Å². The molecule has 0 radical (unpaired) electrons. The minimum Gasteiger partial charge on any atom is -0.380 e. The Kier molecular flexibility index (Phi) is 6.08. The summed E-state index contributed by atoms with van der Waals surface area (Å²) in [6.07, 6.45) is 0. The van der Waals surface area contributed by atoms with Gasteiger partial charge in [0, 0.05) is 26.1 Å². The summed E-state index contributed by atoms with van der Waals surface area (Å²) in [5.74, 6) is 0.376. The van der Waals surface area contributed by atoms with E-state index in [4.69, 9.17) is 16.3 Å². The summed E-state index contributed by atoms with van der Waals surface area (Å²) in [7, 11) is -1.89. The van der Waals surface area contributed by atoms with Crippen molar-refractivity contribution in [3.8, 4) is 0 Å². The molecule has 0 bridgehead atoms. The largest absolute Gasteiger partial charge is 0.380 e. The molecule has 0 atom stereocenters. The van der Waals surface area contributed by atoms with E-state index < -0.39 is 10.0 Å². The minimum atomic E-state index is -3.43. The van der Waals surface area contributed by atoms with E-state index in [1.807, 2.05) is 6.92 Å². The molecule has 0 fully saturated rings. The number of hydrogen-bond acceptors (Lipinski definition) is 3. The predicted octanol–water partition coefficient (Wildman–Crippen LogP) is 2.08. The number of hydrogen-bond donors (Lipinski definition) is 0. The van der Waals surface area contributed by atoms with Crippen molar-refractivity contribution in [3.05, 3.63) is 29.8 Å². The zero-order valence-corrected chi connectivity index (χ0v) is 12.2. The molecular weight excluding hydrogens is 274 g/mol. The fraction of sp³-hybridized carbons (Fsp3) is 0.500. The van der Waals surface area contributed by atoms with Crippen LogP contribution in [0.4, 0.5) is 0 Å². The van der Waals surface area contributed by atoms with Crippen LogP contribution in [0.2, 0.25) is 0 Å². The van der Waals surface area contributed by atoms with E-state index >= 15 is 0 Å². The highest BCUT2D eigenvalue weighted by Gasteiger charge is 2.19. The van der Waals surface area contributed by atoms with E-state index in [0.29, 0.717) is 25.6 Å². The van der Waals surface area contributed by atoms with Gasteiger partial charge >= 0.3 is 0 Å². The van der Waals surface area contributed by atoms with E-state index in [1.54, 1.807) is 31.3 Å². The van der Waals surface area contributed by atoms with Crippen LogP contribution in [0.5, 0.6) is 0 Å². The summed E-state index contributed by atoms with van der Waals surface area (Å²) in [5.41, 5.74) is 0.896. The van der Waals surface area contributed by atoms with Gasteiger partial charge in [-0.25, -0.2) is 8.42 Å². The third-order valence-electron chi connectivity index (χ3n) is 2.54. The number of rotatable bonds is 7. The van der Waals surface area contributed by atoms with Gasteiger partial charge in [-0.1, -0.05) is 12.1 Å². The maximum atomic E-state index is 12.2. The lowest BCUT2D eigenvalue weighted by molar-refractivity contribution is 0.138. The highest BCUT2D eigenvalue weighted by molar-refractivity contribution is 7.89. The van der Waals surface area contributed by atoms with Gasteiger partial charge < -0.3 is 4.74 Å². The van der Waals surface area contributed by atoms with Crippen LogP contribution in [0.3, 0.4) is 0 Å². The number of nitrogens with zero attached hydrogens (tertiary/aromatic N) is 1. The quantitative estimate of drug-likeness (QED) is 0.571. The van der Waals surface area contributed by atoms with E-state index in [9.17, 15) is 8.42 Å². The number of ether oxygens (including phenoxy) is 1. The van der Waals surface area contributed by atoms with Gasteiger partial charge in [0.2, 0.25) is 10.0 Å². The average molecular weight is 292 g/mol. The molecule has 1 aromatic rings. The van der Waals surface area contributed by atoms with Crippen LogP contribution in [0.25, 0.3) is 0 Å². The maximum absolute atomic E-state index is 12.2. The Balaban J connectivity index is 2.77. The van der Waals surface area contributed by atoms with E-state index in [2.05, 4.69) is 0 Å². The highest BCUT2D eigenvalue weighted by Crippen LogP contribution is 2.15. The van der Waals surface area contributed by atoms with Crippen molar-refractivity contribution in [1.29, 1.82) is 0 Å². The average Bonchev–Trinajstić information content (AvgIpc) is 2.39. The molecule has 18 heavy (non-hydrogen) atoms. The molecular formula is C12H18ClNO3S. The molecule has 6 heteroatoms. The smallest absolute Gasteiger partial charge is 0.242 e. The number of halogens is 1. The van der Waals surface area contributed by atoms with Gasteiger partial charge in [-0.3, -0.25) is 0 Å². The Hall–Kier alpha value is -0.620. The zero-order valence-electron chi connectivity index (χ0n) is 10.6. The number of likely N-dealkylation sites (N-methyl/N-ethyl adjacent to an activating group) is 1. The van der Waals surface area contributed by atoms with Crippen molar-refractivity contribution >= 4 is 21.6 Å². The second-order valence-electron chi connectivity index (χ2n) is 3.80. The molecule has 0 saturated carbocycles. The molecule has 102 valence electrons. The molecule has 0 aromatic heterocycles. The Morgan fingerprint density at radius 3 is 2.39 bits per heavy atom. The van der Waals surface area contributed by atoms with E-state index in [1.165, 1.54) is 4.31 Å². The summed E-state index contributed by atoms with van der Waals surface area (Å²) >= 11 is 5.66. The van der Waals surface area contributed by atoms with Crippen molar-refractivity contribution in [1.82, 2.24) is 4.31 Å². The van der Waals surface area contributed by atoms with Gasteiger partial charge in [0.15, 0.2) is 0 Å². The van der Waals surface area contributed by atoms with Gasteiger partial charge in [-0.05, 0) is 24.6 Å². The normalized spacial score (nSPS) is 12.0. The standard InChI is InChI=1S/C12H18ClNO3S/c1-3-17-9-8-14(2)18(15,16)12-6-4-11(10-13)5-7-12/h4-7H,3,8-10H2,1-2H3. The summed E-state index contributed by atoms with van der Waals surface area (Å²) in [5, 5.41) is 0. The molecule has 1 rings (SSSR count). The Labute approximate surface area is 114 Å². The molecule has 0 heterocycles. The Bertz CT molecular complexity index is 459. The van der Waals surface area contributed by atoms with Gasteiger partial charge in [0.1, 0.15) is 0 Å². The van der Waals surface area contributed by atoms with Crippen LogP contribution in [-0.2, 0) is 20.6 Å². The first-order valence-electron chi connectivity index (χ1n) is 5.71. The molecule has 0 saturated heterocycles. The van der Waals surface area contributed by atoms with Gasteiger partial charge in [0.25, 0.3) is 0 Å². The lowest BCUT2D eigenvalue weighted by Crippen LogP contribution is -2.30. The van der Waals surface area contributed by atoms with Crippen molar-refractivity contribution in [2.45, 2.75) is 17.7 Å². The first-order valence-corrected chi connectivity index (χ1v) is 7.68. The second kappa shape index (κ2) is 7.09. The third-order valence-corrected chi connectivity index (χ3v) is 4.72. The molecule has 0 spiro atoms. The Morgan fingerprint density at radius 1 is 1.28 bits per heavy atom. The second-order valence-corrected chi connectivity index (χ2v) is 6.11. The molecule has 0 aliphatic rings. The fourth-order valence-corrected chi connectivity index (χ4v) is 2.72. The lowest BCUT2D eigenvalue weighted by Gasteiger charge is -2.17. The molecule has 0 amide bonds. The van der Waals surface area contributed by atoms with E-state index in [-0.39, 0.29) is 4.90 Å². The lowest BCUT2D eigenvalue weighted by atomic mass is 10.2. The number of alkyl halides is 1. The summed E-state index contributed by atoms with van der Waals surface area (Å²) in [6, 6.07) is 6.58. The SMILES string of the molecule is CCOCCN(C)S(=O)(=O)c1ccc(CCl)cc1. The van der Waals surface area contributed by atoms with Crippen LogP contribution in [0.1, 0.15) is 12.5 Å². The first kappa shape index (κ1) is 15.4. The molecule has 0 aliphatic heterocycles. The zero-order chi connectivity index (χ0) is 13.6. The number of sulfonamides is 1. The molecule has 0 unspecified atom stereocenters. The van der Waals surface area contributed by atoms with Crippen molar-refractivity contribution < 1.29 is 13.2 Å². The summed E-state index contributed by atoms with van der Waals surface area (Å²) < 4.78 is 30.8. The maximum Gasteiger partial charge on any atom is 0.242 e. The molecule has 4 nitrogen and oxygen atoms in total. The van der Waals surface area contributed by atoms with Gasteiger partial charge in [0.05, 0.1) is 11.5 Å². The molecule has 0 N–H and O–H groups in total. The first-order chi connectivity index (χ1) is 8.52. The van der Waals surface area contributed by atoms with Crippen LogP contribution >= 0.6 is 11.6 Å². The topological polar surface area (TPSA) is 46.6 Å². The minimum absolute atomic E-state index is 0.273. The van der Waals surface area contributed by atoms with E-state index in [0.717, 1.165) is 5.56 Å². The number of benzene rings is 1. The molecule has 0 aliphatic carbocycles. The third kappa shape index (κ3) is 3.95. The fourth-order valence-electron chi connectivity index (χ4n) is 1.39. The van der Waals surface area contributed by atoms with Crippen LogP contribution in [-0.4, -0.2) is 39.5 Å². The van der Waals surface area contributed by atoms with Crippen LogP contribution < -0.4 is 0 Å². The monoisotopic (exact) mass is 291 g/mol. The predicted molar refractivity (Wildman–Crippen MR) is 72.3 cm³/mol.